The number of hydrogen-bond donors (Lipinski definition) is 1. The Hall–Kier alpha value is -1.70. The van der Waals surface area contributed by atoms with E-state index >= 15 is 0 Å². The summed E-state index contributed by atoms with van der Waals surface area (Å²) in [6, 6.07) is 3.75. The van der Waals surface area contributed by atoms with Gasteiger partial charge in [0, 0.05) is 43.6 Å². The predicted octanol–water partition coefficient (Wildman–Crippen LogP) is 1.61. The first-order valence-corrected chi connectivity index (χ1v) is 8.69. The molecule has 2 aromatic rings. The number of nitrogens with one attached hydrogen (secondary N) is 1. The van der Waals surface area contributed by atoms with Gasteiger partial charge in [-0.15, -0.1) is 0 Å². The fourth-order valence-corrected chi connectivity index (χ4v) is 4.29. The van der Waals surface area contributed by atoms with Crippen LogP contribution in [0.25, 0.3) is 0 Å². The second-order valence-corrected chi connectivity index (χ2v) is 7.22. The number of carbonyl (C=O) groups excluding carboxylic acids is 1. The smallest absolute Gasteiger partial charge is 0.289 e. The molecule has 2 aliphatic rings. The topological polar surface area (TPSA) is 67.6 Å². The summed E-state index contributed by atoms with van der Waals surface area (Å²) in [7, 11) is 0. The zero-order valence-corrected chi connectivity index (χ0v) is 13.6. The molecule has 23 heavy (non-hydrogen) atoms. The highest BCUT2D eigenvalue weighted by atomic mass is 32.1. The van der Waals surface area contributed by atoms with Gasteiger partial charge in [-0.3, -0.25) is 9.69 Å². The number of nitrogens with zero attached hydrogens (tertiary/aromatic N) is 2. The van der Waals surface area contributed by atoms with Crippen LogP contribution in [0.15, 0.2) is 33.6 Å². The normalized spacial score (nSPS) is 27.2. The molecule has 122 valence electrons. The molecule has 4 heterocycles. The number of rotatable bonds is 5. The maximum atomic E-state index is 12.1. The molecule has 0 spiro atoms. The summed E-state index contributed by atoms with van der Waals surface area (Å²) in [5.74, 6) is 0.514. The third-order valence-electron chi connectivity index (χ3n) is 4.84. The van der Waals surface area contributed by atoms with Crippen molar-refractivity contribution in [2.45, 2.75) is 6.54 Å². The van der Waals surface area contributed by atoms with E-state index in [4.69, 9.17) is 9.26 Å². The van der Waals surface area contributed by atoms with Gasteiger partial charge in [-0.25, -0.2) is 0 Å². The molecular weight excluding hydrogens is 314 g/mol. The number of carbonyl (C=O) groups is 1. The van der Waals surface area contributed by atoms with Gasteiger partial charge < -0.3 is 14.6 Å². The quantitative estimate of drug-likeness (QED) is 0.900. The van der Waals surface area contributed by atoms with Crippen LogP contribution < -0.4 is 5.32 Å². The van der Waals surface area contributed by atoms with Gasteiger partial charge in [0.2, 0.25) is 5.76 Å². The Kier molecular flexibility index (Phi) is 3.92. The van der Waals surface area contributed by atoms with E-state index in [1.54, 1.807) is 17.4 Å². The van der Waals surface area contributed by atoms with Gasteiger partial charge in [0.1, 0.15) is 0 Å². The standard InChI is InChI=1S/C16H19N3O3S/c20-15(14-1-3-18-22-14)17-9-16-10-19(5-12-2-4-23-8-12)6-13(16)7-21-11-16/h1-4,8,13H,5-7,9-11H2,(H,17,20)/t13-,16+/m0/s1. The number of fused-ring (bicyclic) bond motifs is 1. The van der Waals surface area contributed by atoms with E-state index in [0.717, 1.165) is 26.2 Å². The molecule has 4 rings (SSSR count). The van der Waals surface area contributed by atoms with Crippen LogP contribution in [-0.4, -0.2) is 48.8 Å². The van der Waals surface area contributed by atoms with Crippen LogP contribution in [0.1, 0.15) is 16.1 Å². The first-order valence-electron chi connectivity index (χ1n) is 7.75. The number of thiophene rings is 1. The third kappa shape index (κ3) is 2.91. The maximum absolute atomic E-state index is 12.1. The zero-order chi connectivity index (χ0) is 15.7. The van der Waals surface area contributed by atoms with Crippen molar-refractivity contribution in [3.05, 3.63) is 40.4 Å². The summed E-state index contributed by atoms with van der Waals surface area (Å²) in [6.45, 7) is 5.03. The molecule has 0 unspecified atom stereocenters. The fraction of sp³-hybridized carbons (Fsp3) is 0.500. The third-order valence-corrected chi connectivity index (χ3v) is 5.57. The van der Waals surface area contributed by atoms with Gasteiger partial charge in [0.15, 0.2) is 0 Å². The number of hydrogen-bond acceptors (Lipinski definition) is 6. The number of ether oxygens (including phenoxy) is 1. The van der Waals surface area contributed by atoms with Gasteiger partial charge in [0.05, 0.1) is 19.4 Å². The van der Waals surface area contributed by atoms with Gasteiger partial charge in [-0.1, -0.05) is 5.16 Å². The molecule has 7 heteroatoms. The molecule has 2 atom stereocenters. The summed E-state index contributed by atoms with van der Waals surface area (Å²) in [4.78, 5) is 14.6. The largest absolute Gasteiger partial charge is 0.380 e. The molecular formula is C16H19N3O3S. The summed E-state index contributed by atoms with van der Waals surface area (Å²) < 4.78 is 10.6. The van der Waals surface area contributed by atoms with Crippen LogP contribution in [-0.2, 0) is 11.3 Å². The molecule has 0 bridgehead atoms. The van der Waals surface area contributed by atoms with E-state index in [2.05, 4.69) is 32.2 Å². The summed E-state index contributed by atoms with van der Waals surface area (Å²) in [5.41, 5.74) is 1.36. The fourth-order valence-electron chi connectivity index (χ4n) is 3.63. The van der Waals surface area contributed by atoms with E-state index in [0.29, 0.717) is 19.1 Å². The number of amides is 1. The lowest BCUT2D eigenvalue weighted by Crippen LogP contribution is -2.43. The van der Waals surface area contributed by atoms with Crippen LogP contribution >= 0.6 is 11.3 Å². The Balaban J connectivity index is 1.40. The molecule has 2 saturated heterocycles. The minimum atomic E-state index is -0.209. The summed E-state index contributed by atoms with van der Waals surface area (Å²) in [5, 5.41) is 10.9. The Bertz CT molecular complexity index is 658. The average Bonchev–Trinajstić information content (AvgIpc) is 3.29. The number of aromatic nitrogens is 1. The molecule has 2 aliphatic heterocycles. The van der Waals surface area contributed by atoms with Gasteiger partial charge in [0.25, 0.3) is 5.91 Å². The van der Waals surface area contributed by atoms with Crippen LogP contribution in [0.3, 0.4) is 0 Å². The van der Waals surface area contributed by atoms with Crippen molar-refractivity contribution in [2.24, 2.45) is 11.3 Å². The predicted molar refractivity (Wildman–Crippen MR) is 85.2 cm³/mol. The Labute approximate surface area is 138 Å². The van der Waals surface area contributed by atoms with Crippen molar-refractivity contribution in [3.63, 3.8) is 0 Å². The minimum Gasteiger partial charge on any atom is -0.380 e. The molecule has 2 aromatic heterocycles. The van der Waals surface area contributed by atoms with Gasteiger partial charge in [-0.05, 0) is 22.4 Å². The van der Waals surface area contributed by atoms with E-state index in [-0.39, 0.29) is 17.1 Å². The molecule has 0 aromatic carbocycles. The monoisotopic (exact) mass is 333 g/mol. The van der Waals surface area contributed by atoms with Crippen molar-refractivity contribution in [2.75, 3.05) is 32.8 Å². The van der Waals surface area contributed by atoms with Crippen molar-refractivity contribution in [3.8, 4) is 0 Å². The van der Waals surface area contributed by atoms with E-state index in [9.17, 15) is 4.79 Å². The lowest BCUT2D eigenvalue weighted by molar-refractivity contribution is 0.0869. The van der Waals surface area contributed by atoms with Crippen LogP contribution in [0.5, 0.6) is 0 Å². The number of likely N-dealkylation sites (tertiary alicyclic amines) is 1. The summed E-state index contributed by atoms with van der Waals surface area (Å²) in [6.07, 6.45) is 1.48. The van der Waals surface area contributed by atoms with Crippen molar-refractivity contribution in [1.29, 1.82) is 0 Å². The van der Waals surface area contributed by atoms with E-state index in [1.165, 1.54) is 11.8 Å². The molecule has 2 fully saturated rings. The minimum absolute atomic E-state index is 0.00566. The Morgan fingerprint density at radius 2 is 2.48 bits per heavy atom. The van der Waals surface area contributed by atoms with Gasteiger partial charge in [-0.2, -0.15) is 11.3 Å². The Morgan fingerprint density at radius 3 is 3.26 bits per heavy atom. The molecule has 1 amide bonds. The highest BCUT2D eigenvalue weighted by Gasteiger charge is 2.50. The van der Waals surface area contributed by atoms with E-state index < -0.39 is 0 Å². The maximum Gasteiger partial charge on any atom is 0.289 e. The molecule has 1 N–H and O–H groups in total. The molecule has 6 nitrogen and oxygen atoms in total. The molecule has 0 aliphatic carbocycles. The SMILES string of the molecule is O=C(NC[C@@]12COC[C@@H]1CN(Cc1ccsc1)C2)c1ccno1. The van der Waals surface area contributed by atoms with Crippen LogP contribution in [0.2, 0.25) is 0 Å². The zero-order valence-electron chi connectivity index (χ0n) is 12.7. The van der Waals surface area contributed by atoms with Crippen molar-refractivity contribution in [1.82, 2.24) is 15.4 Å². The van der Waals surface area contributed by atoms with Gasteiger partial charge >= 0.3 is 0 Å². The Morgan fingerprint density at radius 1 is 1.52 bits per heavy atom. The van der Waals surface area contributed by atoms with Crippen LogP contribution in [0, 0.1) is 11.3 Å². The highest BCUT2D eigenvalue weighted by Crippen LogP contribution is 2.41. The molecule has 0 radical (unpaired) electrons. The summed E-state index contributed by atoms with van der Waals surface area (Å²) >= 11 is 1.73. The average molecular weight is 333 g/mol. The highest BCUT2D eigenvalue weighted by molar-refractivity contribution is 7.07. The van der Waals surface area contributed by atoms with E-state index in [1.807, 2.05) is 0 Å². The first kappa shape index (κ1) is 14.9. The lowest BCUT2D eigenvalue weighted by atomic mass is 9.81. The van der Waals surface area contributed by atoms with Crippen molar-refractivity contribution < 1.29 is 14.1 Å². The molecule has 0 saturated carbocycles. The lowest BCUT2D eigenvalue weighted by Gasteiger charge is -2.27. The van der Waals surface area contributed by atoms with Crippen LogP contribution in [0.4, 0.5) is 0 Å². The second kappa shape index (κ2) is 6.07. The van der Waals surface area contributed by atoms with Crippen molar-refractivity contribution >= 4 is 17.2 Å². The first-order chi connectivity index (χ1) is 11.3. The second-order valence-electron chi connectivity index (χ2n) is 6.44.